The fourth-order valence-corrected chi connectivity index (χ4v) is 7.13. The first kappa shape index (κ1) is 20.2. The summed E-state index contributed by atoms with van der Waals surface area (Å²) in [5, 5.41) is 7.84. The molecule has 33 heavy (non-hydrogen) atoms. The minimum atomic E-state index is -3.25. The second-order valence-corrected chi connectivity index (χ2v) is 11.5. The van der Waals surface area contributed by atoms with Gasteiger partial charge in [0.1, 0.15) is 16.4 Å². The van der Waals surface area contributed by atoms with Crippen LogP contribution in [-0.4, -0.2) is 33.8 Å². The summed E-state index contributed by atoms with van der Waals surface area (Å²) in [7, 11) is -3.25. The van der Waals surface area contributed by atoms with E-state index < -0.39 is 9.84 Å². The summed E-state index contributed by atoms with van der Waals surface area (Å²) >= 11 is 1.25. The highest BCUT2D eigenvalue weighted by Crippen LogP contribution is 2.40. The molecule has 3 aromatic heterocycles. The van der Waals surface area contributed by atoms with Gasteiger partial charge in [0, 0.05) is 22.7 Å². The molecule has 0 spiro atoms. The van der Waals surface area contributed by atoms with Gasteiger partial charge in [-0.05, 0) is 66.9 Å². The summed E-state index contributed by atoms with van der Waals surface area (Å²) in [6.45, 7) is 0. The van der Waals surface area contributed by atoms with E-state index >= 15 is 0 Å². The van der Waals surface area contributed by atoms with Gasteiger partial charge >= 0.3 is 0 Å². The van der Waals surface area contributed by atoms with Crippen molar-refractivity contribution in [3.05, 3.63) is 72.9 Å². The van der Waals surface area contributed by atoms with Crippen LogP contribution in [0.2, 0.25) is 0 Å². The summed E-state index contributed by atoms with van der Waals surface area (Å²) in [6.07, 6.45) is 4.76. The molecule has 5 aromatic rings. The average Bonchev–Trinajstić information content (AvgIpc) is 3.38. The Kier molecular flexibility index (Phi) is 4.63. The quantitative estimate of drug-likeness (QED) is 0.362. The molecule has 164 valence electrons. The van der Waals surface area contributed by atoms with E-state index in [1.807, 2.05) is 24.3 Å². The number of halogens is 1. The van der Waals surface area contributed by atoms with E-state index in [0.29, 0.717) is 15.6 Å². The maximum Gasteiger partial charge on any atom is 0.190 e. The zero-order valence-corrected chi connectivity index (χ0v) is 18.8. The first-order valence-corrected chi connectivity index (χ1v) is 12.8. The second-order valence-electron chi connectivity index (χ2n) is 7.97. The van der Waals surface area contributed by atoms with Crippen molar-refractivity contribution in [1.29, 1.82) is 0 Å². The number of thiophene rings is 1. The normalized spacial score (nSPS) is 14.1. The van der Waals surface area contributed by atoms with Crippen LogP contribution in [0, 0.1) is 5.82 Å². The van der Waals surface area contributed by atoms with E-state index in [1.54, 1.807) is 24.4 Å². The van der Waals surface area contributed by atoms with Crippen molar-refractivity contribution in [2.24, 2.45) is 0 Å². The molecule has 1 aliphatic rings. The molecule has 0 aliphatic heterocycles. The fourth-order valence-electron chi connectivity index (χ4n) is 3.90. The van der Waals surface area contributed by atoms with Gasteiger partial charge in [0.2, 0.25) is 0 Å². The molecule has 6 rings (SSSR count). The highest BCUT2D eigenvalue weighted by Gasteiger charge is 2.37. The van der Waals surface area contributed by atoms with Crippen LogP contribution in [0.4, 0.5) is 4.39 Å². The Morgan fingerprint density at radius 1 is 0.939 bits per heavy atom. The SMILES string of the molecule is O=S(=O)(c1ccc(-c2ncnc3ccc(-c4c[nH]nc4-c4ccc(F)cc4)cc23)s1)C1CC1. The molecule has 0 atom stereocenters. The Balaban J connectivity index is 1.46. The highest BCUT2D eigenvalue weighted by molar-refractivity contribution is 7.94. The Morgan fingerprint density at radius 3 is 2.52 bits per heavy atom. The van der Waals surface area contributed by atoms with Crippen molar-refractivity contribution in [3.63, 3.8) is 0 Å². The Hall–Kier alpha value is -3.43. The summed E-state index contributed by atoms with van der Waals surface area (Å²) in [5.41, 5.74) is 4.72. The number of hydrogen-bond acceptors (Lipinski definition) is 6. The molecule has 0 amide bonds. The van der Waals surface area contributed by atoms with Gasteiger partial charge in [-0.3, -0.25) is 5.10 Å². The minimum absolute atomic E-state index is 0.247. The maximum atomic E-state index is 13.4. The maximum absolute atomic E-state index is 13.4. The fraction of sp³-hybridized carbons (Fsp3) is 0.125. The van der Waals surface area contributed by atoms with E-state index in [1.165, 1.54) is 29.8 Å². The molecule has 0 unspecified atom stereocenters. The van der Waals surface area contributed by atoms with Crippen LogP contribution in [0.15, 0.2) is 71.3 Å². The Bertz CT molecular complexity index is 1600. The molecule has 9 heteroatoms. The van der Waals surface area contributed by atoms with E-state index in [2.05, 4.69) is 20.2 Å². The van der Waals surface area contributed by atoms with Crippen molar-refractivity contribution in [1.82, 2.24) is 20.2 Å². The van der Waals surface area contributed by atoms with Gasteiger partial charge in [0.15, 0.2) is 9.84 Å². The molecule has 0 bridgehead atoms. The lowest BCUT2D eigenvalue weighted by Gasteiger charge is -2.07. The molecular weight excluding hydrogens is 459 g/mol. The van der Waals surface area contributed by atoms with Gasteiger partial charge in [0.05, 0.1) is 27.0 Å². The highest BCUT2D eigenvalue weighted by atomic mass is 32.2. The van der Waals surface area contributed by atoms with Crippen molar-refractivity contribution in [3.8, 4) is 33.0 Å². The van der Waals surface area contributed by atoms with Gasteiger partial charge in [0.25, 0.3) is 0 Å². The predicted molar refractivity (Wildman–Crippen MR) is 126 cm³/mol. The van der Waals surface area contributed by atoms with E-state index in [-0.39, 0.29) is 11.1 Å². The van der Waals surface area contributed by atoms with Crippen molar-refractivity contribution in [2.45, 2.75) is 22.3 Å². The summed E-state index contributed by atoms with van der Waals surface area (Å²) in [4.78, 5) is 9.65. The summed E-state index contributed by atoms with van der Waals surface area (Å²) < 4.78 is 39.1. The summed E-state index contributed by atoms with van der Waals surface area (Å²) in [6, 6.07) is 15.5. The minimum Gasteiger partial charge on any atom is -0.284 e. The third-order valence-electron chi connectivity index (χ3n) is 5.76. The molecule has 0 radical (unpaired) electrons. The van der Waals surface area contributed by atoms with Crippen LogP contribution in [0.3, 0.4) is 0 Å². The molecule has 1 aliphatic carbocycles. The number of sulfone groups is 1. The average molecular weight is 477 g/mol. The van der Waals surface area contributed by atoms with Crippen LogP contribution in [0.5, 0.6) is 0 Å². The van der Waals surface area contributed by atoms with Crippen LogP contribution >= 0.6 is 11.3 Å². The smallest absolute Gasteiger partial charge is 0.190 e. The number of benzene rings is 2. The van der Waals surface area contributed by atoms with Gasteiger partial charge in [-0.1, -0.05) is 6.07 Å². The third kappa shape index (κ3) is 3.53. The number of nitrogens with one attached hydrogen (secondary N) is 1. The molecular formula is C24H17FN4O2S2. The predicted octanol–water partition coefficient (Wildman–Crippen LogP) is 5.49. The second kappa shape index (κ2) is 7.57. The van der Waals surface area contributed by atoms with Crippen LogP contribution in [0.25, 0.3) is 43.9 Å². The molecule has 6 nitrogen and oxygen atoms in total. The third-order valence-corrected chi connectivity index (χ3v) is 9.64. The van der Waals surface area contributed by atoms with Crippen LogP contribution in [-0.2, 0) is 9.84 Å². The number of fused-ring (bicyclic) bond motifs is 1. The van der Waals surface area contributed by atoms with E-state index in [0.717, 1.165) is 45.3 Å². The topological polar surface area (TPSA) is 88.6 Å². The lowest BCUT2D eigenvalue weighted by atomic mass is 9.99. The monoisotopic (exact) mass is 476 g/mol. The van der Waals surface area contributed by atoms with Crippen LogP contribution < -0.4 is 0 Å². The zero-order valence-electron chi connectivity index (χ0n) is 17.2. The number of aromatic amines is 1. The Labute approximate surface area is 193 Å². The number of nitrogens with zero attached hydrogens (tertiary/aromatic N) is 3. The lowest BCUT2D eigenvalue weighted by molar-refractivity contribution is 0.597. The van der Waals surface area contributed by atoms with E-state index in [9.17, 15) is 12.8 Å². The Morgan fingerprint density at radius 2 is 1.73 bits per heavy atom. The van der Waals surface area contributed by atoms with Gasteiger partial charge in [-0.15, -0.1) is 11.3 Å². The molecule has 1 N–H and O–H groups in total. The number of H-pyrrole nitrogens is 1. The van der Waals surface area contributed by atoms with Crippen molar-refractivity contribution >= 4 is 32.1 Å². The van der Waals surface area contributed by atoms with Gasteiger partial charge in [-0.25, -0.2) is 22.8 Å². The lowest BCUT2D eigenvalue weighted by Crippen LogP contribution is -2.04. The van der Waals surface area contributed by atoms with Gasteiger partial charge in [-0.2, -0.15) is 5.10 Å². The first-order chi connectivity index (χ1) is 16.0. The zero-order chi connectivity index (χ0) is 22.6. The number of aromatic nitrogens is 4. The largest absolute Gasteiger partial charge is 0.284 e. The molecule has 0 saturated heterocycles. The molecule has 1 saturated carbocycles. The standard InChI is InChI=1S/C24H17FN4O2S2/c25-16-4-1-14(2-5-16)23-19(12-28-29-23)15-3-8-20-18(11-15)24(27-13-26-20)21-9-10-22(32-21)33(30,31)17-6-7-17/h1-5,8-13,17H,6-7H2,(H,28,29). The van der Waals surface area contributed by atoms with Crippen LogP contribution in [0.1, 0.15) is 12.8 Å². The number of rotatable bonds is 5. The van der Waals surface area contributed by atoms with Crippen molar-refractivity contribution < 1.29 is 12.8 Å². The molecule has 3 heterocycles. The van der Waals surface area contributed by atoms with Gasteiger partial charge < -0.3 is 0 Å². The summed E-state index contributed by atoms with van der Waals surface area (Å²) in [5.74, 6) is -0.303. The van der Waals surface area contributed by atoms with E-state index in [4.69, 9.17) is 0 Å². The molecule has 2 aromatic carbocycles. The van der Waals surface area contributed by atoms with Crippen molar-refractivity contribution in [2.75, 3.05) is 0 Å². The first-order valence-electron chi connectivity index (χ1n) is 10.4. The molecule has 1 fully saturated rings. The number of hydrogen-bond donors (Lipinski definition) is 1.